The predicted molar refractivity (Wildman–Crippen MR) is 88.1 cm³/mol. The number of hydrogen-bond acceptors (Lipinski definition) is 1. The van der Waals surface area contributed by atoms with Gasteiger partial charge in [0.25, 0.3) is 0 Å². The maximum atomic E-state index is 2.71. The van der Waals surface area contributed by atoms with E-state index in [4.69, 9.17) is 0 Å². The zero-order valence-electron chi connectivity index (χ0n) is 13.7. The molecular weight excluding hydrogens is 242 g/mol. The average molecular weight is 273 g/mol. The van der Waals surface area contributed by atoms with E-state index in [2.05, 4.69) is 56.9 Å². The second-order valence-corrected chi connectivity index (χ2v) is 6.98. The van der Waals surface area contributed by atoms with E-state index in [0.717, 1.165) is 17.9 Å². The molecule has 0 radical (unpaired) electrons. The third kappa shape index (κ3) is 4.09. The fourth-order valence-corrected chi connectivity index (χ4v) is 3.70. The van der Waals surface area contributed by atoms with Crippen molar-refractivity contribution in [3.8, 4) is 0 Å². The van der Waals surface area contributed by atoms with Crippen LogP contribution in [-0.2, 0) is 12.8 Å². The van der Waals surface area contributed by atoms with Gasteiger partial charge in [0.15, 0.2) is 0 Å². The molecule has 0 saturated carbocycles. The highest BCUT2D eigenvalue weighted by Crippen LogP contribution is 2.26. The van der Waals surface area contributed by atoms with Crippen molar-refractivity contribution in [2.24, 2.45) is 11.8 Å². The zero-order chi connectivity index (χ0) is 14.5. The van der Waals surface area contributed by atoms with E-state index in [1.807, 2.05) is 0 Å². The standard InChI is InChI=1S/C19H31N/c1-5-20(11-10-16(4)12-15(2)3)19-13-17-8-6-7-9-18(17)14-19/h6-9,15-16,19H,5,10-14H2,1-4H3. The van der Waals surface area contributed by atoms with Crippen molar-refractivity contribution >= 4 is 0 Å². The van der Waals surface area contributed by atoms with Crippen LogP contribution in [0.15, 0.2) is 24.3 Å². The molecular formula is C19H31N. The Morgan fingerprint density at radius 1 is 1.10 bits per heavy atom. The van der Waals surface area contributed by atoms with Gasteiger partial charge in [-0.1, -0.05) is 52.0 Å². The Hall–Kier alpha value is -0.820. The van der Waals surface area contributed by atoms with Gasteiger partial charge in [-0.15, -0.1) is 0 Å². The fourth-order valence-electron chi connectivity index (χ4n) is 3.70. The summed E-state index contributed by atoms with van der Waals surface area (Å²) in [6.45, 7) is 11.9. The van der Waals surface area contributed by atoms with Gasteiger partial charge in [-0.2, -0.15) is 0 Å². The van der Waals surface area contributed by atoms with Crippen LogP contribution in [0.3, 0.4) is 0 Å². The van der Waals surface area contributed by atoms with Crippen molar-refractivity contribution in [2.75, 3.05) is 13.1 Å². The first kappa shape index (κ1) is 15.6. The maximum absolute atomic E-state index is 2.71. The molecule has 0 amide bonds. The van der Waals surface area contributed by atoms with Gasteiger partial charge in [-0.25, -0.2) is 0 Å². The van der Waals surface area contributed by atoms with Gasteiger partial charge in [0, 0.05) is 6.04 Å². The Balaban J connectivity index is 1.85. The quantitative estimate of drug-likeness (QED) is 0.704. The second-order valence-electron chi connectivity index (χ2n) is 6.98. The van der Waals surface area contributed by atoms with Gasteiger partial charge in [-0.3, -0.25) is 4.90 Å². The molecule has 1 unspecified atom stereocenters. The lowest BCUT2D eigenvalue weighted by Gasteiger charge is -2.29. The molecule has 0 aromatic heterocycles. The average Bonchev–Trinajstić information content (AvgIpc) is 2.82. The molecule has 0 bridgehead atoms. The number of fused-ring (bicyclic) bond motifs is 1. The molecule has 1 aromatic rings. The Labute approximate surface area is 125 Å². The first-order valence-corrected chi connectivity index (χ1v) is 8.41. The number of nitrogens with zero attached hydrogens (tertiary/aromatic N) is 1. The molecule has 0 spiro atoms. The summed E-state index contributed by atoms with van der Waals surface area (Å²) < 4.78 is 0. The van der Waals surface area contributed by atoms with Gasteiger partial charge in [0.05, 0.1) is 0 Å². The van der Waals surface area contributed by atoms with Crippen LogP contribution in [0, 0.1) is 11.8 Å². The summed E-state index contributed by atoms with van der Waals surface area (Å²) in [6, 6.07) is 9.73. The van der Waals surface area contributed by atoms with Crippen molar-refractivity contribution in [3.63, 3.8) is 0 Å². The number of benzene rings is 1. The highest BCUT2D eigenvalue weighted by atomic mass is 15.1. The lowest BCUT2D eigenvalue weighted by Crippen LogP contribution is -2.37. The molecule has 1 nitrogen and oxygen atoms in total. The van der Waals surface area contributed by atoms with E-state index >= 15 is 0 Å². The highest BCUT2D eigenvalue weighted by Gasteiger charge is 2.25. The maximum Gasteiger partial charge on any atom is 0.0176 e. The second kappa shape index (κ2) is 7.26. The Morgan fingerprint density at radius 3 is 2.20 bits per heavy atom. The third-order valence-corrected chi connectivity index (χ3v) is 4.73. The van der Waals surface area contributed by atoms with Crippen LogP contribution in [-0.4, -0.2) is 24.0 Å². The van der Waals surface area contributed by atoms with Crippen molar-refractivity contribution < 1.29 is 0 Å². The normalized spacial score (nSPS) is 16.9. The van der Waals surface area contributed by atoms with Gasteiger partial charge in [0.1, 0.15) is 0 Å². The molecule has 0 saturated heterocycles. The van der Waals surface area contributed by atoms with E-state index in [0.29, 0.717) is 0 Å². The molecule has 0 fully saturated rings. The third-order valence-electron chi connectivity index (χ3n) is 4.73. The SMILES string of the molecule is CCN(CCC(C)CC(C)C)C1Cc2ccccc2C1. The van der Waals surface area contributed by atoms with Gasteiger partial charge in [-0.05, 0) is 61.7 Å². The first-order chi connectivity index (χ1) is 9.60. The minimum atomic E-state index is 0.739. The van der Waals surface area contributed by atoms with Crippen LogP contribution in [0.2, 0.25) is 0 Å². The smallest absolute Gasteiger partial charge is 0.0176 e. The van der Waals surface area contributed by atoms with Crippen molar-refractivity contribution in [1.29, 1.82) is 0 Å². The van der Waals surface area contributed by atoms with E-state index in [-0.39, 0.29) is 0 Å². The number of hydrogen-bond donors (Lipinski definition) is 0. The van der Waals surface area contributed by atoms with Crippen LogP contribution < -0.4 is 0 Å². The summed E-state index contributed by atoms with van der Waals surface area (Å²) in [5.74, 6) is 1.68. The lowest BCUT2D eigenvalue weighted by atomic mass is 9.95. The lowest BCUT2D eigenvalue weighted by molar-refractivity contribution is 0.194. The summed E-state index contributed by atoms with van der Waals surface area (Å²) in [7, 11) is 0. The van der Waals surface area contributed by atoms with Crippen molar-refractivity contribution in [3.05, 3.63) is 35.4 Å². The molecule has 0 heterocycles. The van der Waals surface area contributed by atoms with E-state index < -0.39 is 0 Å². The molecule has 1 atom stereocenters. The molecule has 1 aliphatic rings. The predicted octanol–water partition coefficient (Wildman–Crippen LogP) is 4.55. The Bertz CT molecular complexity index is 385. The molecule has 20 heavy (non-hydrogen) atoms. The van der Waals surface area contributed by atoms with Gasteiger partial charge < -0.3 is 0 Å². The molecule has 1 aromatic carbocycles. The van der Waals surface area contributed by atoms with E-state index in [9.17, 15) is 0 Å². The van der Waals surface area contributed by atoms with Crippen molar-refractivity contribution in [2.45, 2.75) is 59.4 Å². The minimum absolute atomic E-state index is 0.739. The summed E-state index contributed by atoms with van der Waals surface area (Å²) in [4.78, 5) is 2.71. The zero-order valence-corrected chi connectivity index (χ0v) is 13.7. The topological polar surface area (TPSA) is 3.24 Å². The Kier molecular flexibility index (Phi) is 5.65. The summed E-state index contributed by atoms with van der Waals surface area (Å²) in [6.07, 6.45) is 5.21. The van der Waals surface area contributed by atoms with Crippen LogP contribution in [0.5, 0.6) is 0 Å². The monoisotopic (exact) mass is 273 g/mol. The molecule has 2 rings (SSSR count). The first-order valence-electron chi connectivity index (χ1n) is 8.41. The molecule has 0 aliphatic heterocycles. The largest absolute Gasteiger partial charge is 0.300 e. The highest BCUT2D eigenvalue weighted by molar-refractivity contribution is 5.33. The summed E-state index contributed by atoms with van der Waals surface area (Å²) >= 11 is 0. The number of likely N-dealkylation sites (N-methyl/N-ethyl adjacent to an activating group) is 1. The van der Waals surface area contributed by atoms with Crippen LogP contribution >= 0.6 is 0 Å². The van der Waals surface area contributed by atoms with Crippen LogP contribution in [0.1, 0.15) is 51.7 Å². The molecule has 0 N–H and O–H groups in total. The van der Waals surface area contributed by atoms with E-state index in [1.165, 1.54) is 38.8 Å². The van der Waals surface area contributed by atoms with Gasteiger partial charge >= 0.3 is 0 Å². The molecule has 1 aliphatic carbocycles. The van der Waals surface area contributed by atoms with Crippen LogP contribution in [0.4, 0.5) is 0 Å². The van der Waals surface area contributed by atoms with Gasteiger partial charge in [0.2, 0.25) is 0 Å². The molecule has 1 heteroatoms. The fraction of sp³-hybridized carbons (Fsp3) is 0.684. The van der Waals surface area contributed by atoms with Crippen molar-refractivity contribution in [1.82, 2.24) is 4.90 Å². The van der Waals surface area contributed by atoms with E-state index in [1.54, 1.807) is 11.1 Å². The van der Waals surface area contributed by atoms with Crippen LogP contribution in [0.25, 0.3) is 0 Å². The summed E-state index contributed by atoms with van der Waals surface area (Å²) in [5.41, 5.74) is 3.15. The number of rotatable bonds is 7. The Morgan fingerprint density at radius 2 is 1.70 bits per heavy atom. The molecule has 112 valence electrons. The minimum Gasteiger partial charge on any atom is -0.300 e. The summed E-state index contributed by atoms with van der Waals surface area (Å²) in [5, 5.41) is 0.